The van der Waals surface area contributed by atoms with Crippen LogP contribution in [0.3, 0.4) is 0 Å². The molecule has 8 heteroatoms. The summed E-state index contributed by atoms with van der Waals surface area (Å²) in [5.41, 5.74) is 9.83. The third kappa shape index (κ3) is 5.86. The second kappa shape index (κ2) is 10.8. The van der Waals surface area contributed by atoms with Crippen LogP contribution in [0, 0.1) is 0 Å². The first-order valence-corrected chi connectivity index (χ1v) is 11.5. The van der Waals surface area contributed by atoms with E-state index in [2.05, 4.69) is 44.8 Å². The van der Waals surface area contributed by atoms with Gasteiger partial charge in [0.25, 0.3) is 0 Å². The number of benzene rings is 1. The number of nitrogens with one attached hydrogen (secondary N) is 5. The van der Waals surface area contributed by atoms with Gasteiger partial charge >= 0.3 is 6.03 Å². The molecule has 1 unspecified atom stereocenters. The van der Waals surface area contributed by atoms with E-state index in [1.807, 2.05) is 18.3 Å². The number of rotatable bonds is 10. The van der Waals surface area contributed by atoms with E-state index < -0.39 is 0 Å². The lowest BCUT2D eigenvalue weighted by atomic mass is 10.1. The van der Waals surface area contributed by atoms with Gasteiger partial charge in [0.15, 0.2) is 0 Å². The van der Waals surface area contributed by atoms with Gasteiger partial charge in [0.2, 0.25) is 0 Å². The van der Waals surface area contributed by atoms with Crippen molar-refractivity contribution in [2.24, 2.45) is 5.73 Å². The molecule has 1 fully saturated rings. The average Bonchev–Trinajstić information content (AvgIpc) is 3.19. The number of nitrogens with two attached hydrogens (primary N) is 1. The lowest BCUT2D eigenvalue weighted by molar-refractivity contribution is 0.243. The molecule has 0 spiro atoms. The van der Waals surface area contributed by atoms with Crippen LogP contribution in [0.15, 0.2) is 47.8 Å². The van der Waals surface area contributed by atoms with E-state index in [9.17, 15) is 4.79 Å². The van der Waals surface area contributed by atoms with Gasteiger partial charge in [-0.2, -0.15) is 0 Å². The molecule has 1 aromatic rings. The van der Waals surface area contributed by atoms with Crippen molar-refractivity contribution in [1.82, 2.24) is 26.6 Å². The molecule has 1 saturated heterocycles. The first-order valence-electron chi connectivity index (χ1n) is 11.5. The third-order valence-corrected chi connectivity index (χ3v) is 6.04. The second-order valence-corrected chi connectivity index (χ2v) is 8.41. The summed E-state index contributed by atoms with van der Waals surface area (Å²) in [5, 5.41) is 16.9. The Balaban J connectivity index is 1.32. The Morgan fingerprint density at radius 2 is 1.90 bits per heavy atom. The van der Waals surface area contributed by atoms with E-state index >= 15 is 0 Å². The number of amides is 2. The Morgan fingerprint density at radius 3 is 2.68 bits per heavy atom. The van der Waals surface area contributed by atoms with Gasteiger partial charge in [0.1, 0.15) is 6.17 Å². The highest BCUT2D eigenvalue weighted by Gasteiger charge is 2.30. The zero-order valence-electron chi connectivity index (χ0n) is 18.1. The number of hydrogen-bond donors (Lipinski definition) is 6. The van der Waals surface area contributed by atoms with E-state index in [4.69, 9.17) is 5.73 Å². The Morgan fingerprint density at radius 1 is 1.10 bits per heavy atom. The minimum atomic E-state index is -0.136. The normalized spacial score (nSPS) is 21.3. The smallest absolute Gasteiger partial charge is 0.327 e. The fraction of sp³-hybridized carbons (Fsp3) is 0.522. The van der Waals surface area contributed by atoms with Crippen molar-refractivity contribution in [3.05, 3.63) is 53.4 Å². The van der Waals surface area contributed by atoms with Crippen molar-refractivity contribution < 1.29 is 4.79 Å². The van der Waals surface area contributed by atoms with Crippen LogP contribution in [-0.2, 0) is 6.54 Å². The third-order valence-electron chi connectivity index (χ3n) is 6.04. The molecular formula is C23H35N7O. The number of piperidine rings is 1. The maximum absolute atomic E-state index is 12.7. The molecule has 0 saturated carbocycles. The van der Waals surface area contributed by atoms with Gasteiger partial charge in [0, 0.05) is 36.6 Å². The maximum atomic E-state index is 12.7. The summed E-state index contributed by atoms with van der Waals surface area (Å²) in [6.07, 6.45) is 8.25. The molecule has 1 atom stereocenters. The number of nitrogens with zero attached hydrogens (tertiary/aromatic N) is 1. The van der Waals surface area contributed by atoms with Gasteiger partial charge in [-0.1, -0.05) is 12.1 Å². The van der Waals surface area contributed by atoms with Crippen LogP contribution in [0.25, 0.3) is 0 Å². The fourth-order valence-corrected chi connectivity index (χ4v) is 4.23. The van der Waals surface area contributed by atoms with E-state index in [0.717, 1.165) is 56.8 Å². The summed E-state index contributed by atoms with van der Waals surface area (Å²) in [6.45, 7) is 5.56. The van der Waals surface area contributed by atoms with Crippen LogP contribution < -0.4 is 37.2 Å². The van der Waals surface area contributed by atoms with Gasteiger partial charge in [-0.3, -0.25) is 4.90 Å². The molecule has 3 heterocycles. The minimum absolute atomic E-state index is 0.113. The number of anilines is 1. The number of carbonyl (C=O) groups is 1. The summed E-state index contributed by atoms with van der Waals surface area (Å²) in [4.78, 5) is 14.3. The van der Waals surface area contributed by atoms with Crippen molar-refractivity contribution in [2.45, 2.75) is 44.4 Å². The molecule has 31 heavy (non-hydrogen) atoms. The number of hydrogen-bond acceptors (Lipinski definition) is 6. The van der Waals surface area contributed by atoms with Crippen LogP contribution in [0.2, 0.25) is 0 Å². The van der Waals surface area contributed by atoms with Gasteiger partial charge in [0.05, 0.1) is 5.69 Å². The fourth-order valence-electron chi connectivity index (χ4n) is 4.23. The zero-order chi connectivity index (χ0) is 21.5. The van der Waals surface area contributed by atoms with Crippen LogP contribution in [0.1, 0.15) is 31.2 Å². The Labute approximate surface area is 184 Å². The first kappa shape index (κ1) is 21.8. The highest BCUT2D eigenvalue weighted by atomic mass is 16.2. The molecule has 3 aliphatic heterocycles. The summed E-state index contributed by atoms with van der Waals surface area (Å²) in [5.74, 6) is 0. The first-order chi connectivity index (χ1) is 15.2. The molecule has 168 valence electrons. The molecule has 7 N–H and O–H groups in total. The van der Waals surface area contributed by atoms with Crippen molar-refractivity contribution in [3.63, 3.8) is 0 Å². The lowest BCUT2D eigenvalue weighted by Gasteiger charge is -2.29. The zero-order valence-corrected chi connectivity index (χ0v) is 18.1. The second-order valence-electron chi connectivity index (χ2n) is 8.41. The van der Waals surface area contributed by atoms with Gasteiger partial charge in [-0.15, -0.1) is 0 Å². The van der Waals surface area contributed by atoms with Crippen molar-refractivity contribution in [3.8, 4) is 0 Å². The monoisotopic (exact) mass is 425 g/mol. The Bertz CT molecular complexity index is 799. The molecule has 8 nitrogen and oxygen atoms in total. The average molecular weight is 426 g/mol. The predicted octanol–water partition coefficient (Wildman–Crippen LogP) is 1.08. The number of carbonyl (C=O) groups excluding carboxylic acids is 1. The molecule has 0 aliphatic carbocycles. The SMILES string of the molecule is NCCCNCc1ccc(N2C=C3C=C(CCNC4CCNCC4)NC3NC2=O)cc1. The Kier molecular flexibility index (Phi) is 7.58. The van der Waals surface area contributed by atoms with Crippen molar-refractivity contribution in [1.29, 1.82) is 0 Å². The van der Waals surface area contributed by atoms with Crippen LogP contribution in [-0.4, -0.2) is 51.0 Å². The largest absolute Gasteiger partial charge is 0.365 e. The topological polar surface area (TPSA) is 106 Å². The summed E-state index contributed by atoms with van der Waals surface area (Å²) < 4.78 is 0. The predicted molar refractivity (Wildman–Crippen MR) is 124 cm³/mol. The molecule has 3 aliphatic rings. The molecule has 4 rings (SSSR count). The van der Waals surface area contributed by atoms with Crippen molar-refractivity contribution in [2.75, 3.05) is 37.6 Å². The molecular weight excluding hydrogens is 390 g/mol. The maximum Gasteiger partial charge on any atom is 0.327 e. The number of fused-ring (bicyclic) bond motifs is 1. The minimum Gasteiger partial charge on any atom is -0.365 e. The summed E-state index contributed by atoms with van der Waals surface area (Å²) in [6, 6.07) is 8.60. The van der Waals surface area contributed by atoms with Crippen molar-refractivity contribution >= 4 is 11.7 Å². The highest BCUT2D eigenvalue weighted by Crippen LogP contribution is 2.25. The molecule has 0 radical (unpaired) electrons. The lowest BCUT2D eigenvalue weighted by Crippen LogP contribution is -2.51. The summed E-state index contributed by atoms with van der Waals surface area (Å²) in [7, 11) is 0. The molecule has 0 aromatic heterocycles. The van der Waals surface area contributed by atoms with E-state index in [-0.39, 0.29) is 12.2 Å². The van der Waals surface area contributed by atoms with Gasteiger partial charge in [-0.25, -0.2) is 4.79 Å². The van der Waals surface area contributed by atoms with Crippen LogP contribution in [0.4, 0.5) is 10.5 Å². The Hall–Kier alpha value is -2.39. The van der Waals surface area contributed by atoms with Gasteiger partial charge < -0.3 is 32.3 Å². The van der Waals surface area contributed by atoms with Gasteiger partial charge in [-0.05, 0) is 75.6 Å². The van der Waals surface area contributed by atoms with Crippen LogP contribution >= 0.6 is 0 Å². The summed E-state index contributed by atoms with van der Waals surface area (Å²) >= 11 is 0. The van der Waals surface area contributed by atoms with E-state index in [1.54, 1.807) is 4.90 Å². The standard InChI is InChI=1S/C23H35N7O/c24-9-1-10-26-15-17-2-4-21(5-3-17)30-16-18-14-20(28-22(18)29-23(30)31)8-13-27-19-6-11-25-12-7-19/h2-5,14,16,19,22,25-28H,1,6-13,15,24H2,(H,29,31). The molecule has 0 bridgehead atoms. The quantitative estimate of drug-likeness (QED) is 0.314. The highest BCUT2D eigenvalue weighted by molar-refractivity contribution is 5.96. The van der Waals surface area contributed by atoms with E-state index in [0.29, 0.717) is 12.6 Å². The molecule has 2 amide bonds. The van der Waals surface area contributed by atoms with Crippen LogP contribution in [0.5, 0.6) is 0 Å². The van der Waals surface area contributed by atoms with E-state index in [1.165, 1.54) is 24.1 Å². The molecule has 1 aromatic carbocycles. The number of urea groups is 1.